The zero-order valence-electron chi connectivity index (χ0n) is 12.7. The first kappa shape index (κ1) is 15.9. The highest BCUT2D eigenvalue weighted by molar-refractivity contribution is 7.87. The van der Waals surface area contributed by atoms with E-state index in [4.69, 9.17) is 0 Å². The Morgan fingerprint density at radius 3 is 2.65 bits per heavy atom. The molecule has 3 rings (SSSR count). The van der Waals surface area contributed by atoms with E-state index >= 15 is 0 Å². The number of H-pyrrole nitrogens is 1. The van der Waals surface area contributed by atoms with Crippen LogP contribution in [0.3, 0.4) is 0 Å². The van der Waals surface area contributed by atoms with Crippen LogP contribution in [0, 0.1) is 5.92 Å². The fourth-order valence-electron chi connectivity index (χ4n) is 2.72. The van der Waals surface area contributed by atoms with Gasteiger partial charge in [0, 0.05) is 26.1 Å². The lowest BCUT2D eigenvalue weighted by Crippen LogP contribution is -2.45. The summed E-state index contributed by atoms with van der Waals surface area (Å²) in [6, 6.07) is 7.53. The number of piperidine rings is 1. The van der Waals surface area contributed by atoms with Crippen molar-refractivity contribution >= 4 is 33.1 Å². The van der Waals surface area contributed by atoms with Crippen LogP contribution in [-0.2, 0) is 15.0 Å². The van der Waals surface area contributed by atoms with Gasteiger partial charge in [-0.3, -0.25) is 10.1 Å². The number of para-hydroxylation sites is 2. The fraction of sp³-hybridized carbons (Fsp3) is 0.429. The smallest absolute Gasteiger partial charge is 0.279 e. The van der Waals surface area contributed by atoms with E-state index in [1.54, 1.807) is 0 Å². The molecule has 1 amide bonds. The molecule has 1 aromatic carbocycles. The highest BCUT2D eigenvalue weighted by Gasteiger charge is 2.30. The van der Waals surface area contributed by atoms with Gasteiger partial charge in [0.1, 0.15) is 0 Å². The third-order valence-corrected chi connectivity index (χ3v) is 5.61. The van der Waals surface area contributed by atoms with Crippen molar-refractivity contribution in [1.29, 1.82) is 0 Å². The second-order valence-electron chi connectivity index (χ2n) is 5.47. The standard InChI is InChI=1S/C14H19N5O3S/c1-15-23(21,22)19-8-6-10(7-9-19)13(20)18-14-16-11-4-2-3-5-12(11)17-14/h2-5,10,15H,6-9H2,1H3,(H2,16,17,18,20). The normalized spacial score (nSPS) is 17.4. The number of aromatic nitrogens is 2. The van der Waals surface area contributed by atoms with Gasteiger partial charge in [-0.05, 0) is 25.0 Å². The number of fused-ring (bicyclic) bond motifs is 1. The molecule has 1 aliphatic rings. The first-order valence-corrected chi connectivity index (χ1v) is 8.88. The molecule has 1 saturated heterocycles. The molecule has 0 atom stereocenters. The number of rotatable bonds is 4. The predicted molar refractivity (Wildman–Crippen MR) is 87.0 cm³/mol. The summed E-state index contributed by atoms with van der Waals surface area (Å²) in [5, 5.41) is 2.78. The molecule has 0 saturated carbocycles. The van der Waals surface area contributed by atoms with Gasteiger partial charge in [-0.2, -0.15) is 12.7 Å². The van der Waals surface area contributed by atoms with Crippen molar-refractivity contribution in [3.05, 3.63) is 24.3 Å². The lowest BCUT2D eigenvalue weighted by molar-refractivity contribution is -0.121. The zero-order chi connectivity index (χ0) is 16.4. The first-order chi connectivity index (χ1) is 11.0. The van der Waals surface area contributed by atoms with Crippen LogP contribution in [0.2, 0.25) is 0 Å². The molecule has 0 spiro atoms. The number of carbonyl (C=O) groups excluding carboxylic acids is 1. The van der Waals surface area contributed by atoms with Crippen LogP contribution in [0.5, 0.6) is 0 Å². The molecule has 124 valence electrons. The molecule has 3 N–H and O–H groups in total. The highest BCUT2D eigenvalue weighted by atomic mass is 32.2. The molecule has 0 radical (unpaired) electrons. The van der Waals surface area contributed by atoms with Crippen molar-refractivity contribution in [1.82, 2.24) is 19.0 Å². The number of benzene rings is 1. The van der Waals surface area contributed by atoms with Crippen molar-refractivity contribution in [3.63, 3.8) is 0 Å². The summed E-state index contributed by atoms with van der Waals surface area (Å²) in [5.74, 6) is 0.0681. The van der Waals surface area contributed by atoms with Gasteiger partial charge in [0.25, 0.3) is 10.2 Å². The maximum Gasteiger partial charge on any atom is 0.279 e. The van der Waals surface area contributed by atoms with Crippen molar-refractivity contribution in [2.45, 2.75) is 12.8 Å². The van der Waals surface area contributed by atoms with E-state index in [0.717, 1.165) is 11.0 Å². The van der Waals surface area contributed by atoms with Crippen LogP contribution >= 0.6 is 0 Å². The van der Waals surface area contributed by atoms with E-state index in [-0.39, 0.29) is 11.8 Å². The Bertz CT molecular complexity index is 776. The SMILES string of the molecule is CNS(=O)(=O)N1CCC(C(=O)Nc2nc3ccccc3[nH]2)CC1. The summed E-state index contributed by atoms with van der Waals surface area (Å²) in [7, 11) is -2.03. The third-order valence-electron chi connectivity index (χ3n) is 4.05. The summed E-state index contributed by atoms with van der Waals surface area (Å²) in [6.45, 7) is 0.669. The van der Waals surface area contributed by atoms with Crippen LogP contribution in [0.25, 0.3) is 11.0 Å². The maximum absolute atomic E-state index is 12.3. The number of hydrogen-bond acceptors (Lipinski definition) is 4. The minimum Gasteiger partial charge on any atom is -0.324 e. The lowest BCUT2D eigenvalue weighted by Gasteiger charge is -2.29. The van der Waals surface area contributed by atoms with Gasteiger partial charge in [0.2, 0.25) is 11.9 Å². The second kappa shape index (κ2) is 6.26. The number of carbonyl (C=O) groups is 1. The van der Waals surface area contributed by atoms with Gasteiger partial charge >= 0.3 is 0 Å². The molecular formula is C14H19N5O3S. The topological polar surface area (TPSA) is 107 Å². The van der Waals surface area contributed by atoms with Crippen LogP contribution in [-0.4, -0.2) is 48.7 Å². The molecule has 0 bridgehead atoms. The van der Waals surface area contributed by atoms with Gasteiger partial charge in [-0.25, -0.2) is 9.71 Å². The van der Waals surface area contributed by atoms with E-state index in [2.05, 4.69) is 20.0 Å². The number of amides is 1. The Morgan fingerprint density at radius 1 is 1.30 bits per heavy atom. The largest absolute Gasteiger partial charge is 0.324 e. The minimum atomic E-state index is -3.41. The summed E-state index contributed by atoms with van der Waals surface area (Å²) in [6.07, 6.45) is 0.986. The molecule has 9 heteroatoms. The summed E-state index contributed by atoms with van der Waals surface area (Å²) in [4.78, 5) is 19.7. The van der Waals surface area contributed by atoms with Gasteiger partial charge in [-0.15, -0.1) is 0 Å². The molecule has 1 aromatic heterocycles. The number of anilines is 1. The minimum absolute atomic E-state index is 0.134. The van der Waals surface area contributed by atoms with Gasteiger partial charge < -0.3 is 4.98 Å². The van der Waals surface area contributed by atoms with E-state index in [1.165, 1.54) is 11.4 Å². The average molecular weight is 337 g/mol. The number of aromatic amines is 1. The summed E-state index contributed by atoms with van der Waals surface area (Å²) >= 11 is 0. The molecule has 2 heterocycles. The molecule has 2 aromatic rings. The van der Waals surface area contributed by atoms with Crippen LogP contribution in [0.15, 0.2) is 24.3 Å². The van der Waals surface area contributed by atoms with E-state index in [0.29, 0.717) is 31.9 Å². The highest BCUT2D eigenvalue weighted by Crippen LogP contribution is 2.21. The van der Waals surface area contributed by atoms with Gasteiger partial charge in [-0.1, -0.05) is 12.1 Å². The Morgan fingerprint density at radius 2 is 2.00 bits per heavy atom. The van der Waals surface area contributed by atoms with E-state index < -0.39 is 10.2 Å². The number of hydrogen-bond donors (Lipinski definition) is 3. The summed E-state index contributed by atoms with van der Waals surface area (Å²) < 4.78 is 27.1. The molecule has 0 unspecified atom stereocenters. The first-order valence-electron chi connectivity index (χ1n) is 7.44. The Balaban J connectivity index is 1.61. The van der Waals surface area contributed by atoms with Crippen molar-refractivity contribution in [3.8, 4) is 0 Å². The molecule has 0 aliphatic carbocycles. The zero-order valence-corrected chi connectivity index (χ0v) is 13.6. The lowest BCUT2D eigenvalue weighted by atomic mass is 9.97. The van der Waals surface area contributed by atoms with Crippen molar-refractivity contribution < 1.29 is 13.2 Å². The summed E-state index contributed by atoms with van der Waals surface area (Å²) in [5.41, 5.74) is 1.65. The third kappa shape index (κ3) is 3.36. The Hall–Kier alpha value is -1.97. The number of imidazole rings is 1. The molecule has 8 nitrogen and oxygen atoms in total. The monoisotopic (exact) mass is 337 g/mol. The number of nitrogens with one attached hydrogen (secondary N) is 3. The molecule has 1 fully saturated rings. The Kier molecular flexibility index (Phi) is 4.33. The Labute approximate surface area is 134 Å². The van der Waals surface area contributed by atoms with Crippen LogP contribution in [0.4, 0.5) is 5.95 Å². The van der Waals surface area contributed by atoms with Gasteiger partial charge in [0.15, 0.2) is 0 Å². The predicted octanol–water partition coefficient (Wildman–Crippen LogP) is 0.678. The number of nitrogens with zero attached hydrogens (tertiary/aromatic N) is 2. The fourth-order valence-corrected chi connectivity index (χ4v) is 3.67. The van der Waals surface area contributed by atoms with Crippen LogP contribution < -0.4 is 10.0 Å². The molecule has 23 heavy (non-hydrogen) atoms. The molecular weight excluding hydrogens is 318 g/mol. The average Bonchev–Trinajstić information content (AvgIpc) is 2.97. The molecule has 1 aliphatic heterocycles. The van der Waals surface area contributed by atoms with Gasteiger partial charge in [0.05, 0.1) is 11.0 Å². The quantitative estimate of drug-likeness (QED) is 0.762. The van der Waals surface area contributed by atoms with E-state index in [9.17, 15) is 13.2 Å². The van der Waals surface area contributed by atoms with Crippen molar-refractivity contribution in [2.75, 3.05) is 25.5 Å². The van der Waals surface area contributed by atoms with Crippen molar-refractivity contribution in [2.24, 2.45) is 5.92 Å². The second-order valence-corrected chi connectivity index (χ2v) is 7.35. The van der Waals surface area contributed by atoms with E-state index in [1.807, 2.05) is 24.3 Å². The maximum atomic E-state index is 12.3. The van der Waals surface area contributed by atoms with Crippen LogP contribution in [0.1, 0.15) is 12.8 Å².